The Morgan fingerprint density at radius 3 is 2.65 bits per heavy atom. The molecule has 17 heavy (non-hydrogen) atoms. The third-order valence-corrected chi connectivity index (χ3v) is 5.01. The average molecular weight is 261 g/mol. The maximum Gasteiger partial charge on any atom is 0.149 e. The first-order chi connectivity index (χ1) is 7.81. The Hall–Kier alpha value is -0.130. The standard InChI is InChI=1S/C12H23NO3S/c1-9-6-11-8-12(7-9,13-11)10(2)16-4-5-17(3,14)15/h9-11,13H,4-8H2,1-3H3. The molecule has 4 atom stereocenters. The lowest BCUT2D eigenvalue weighted by Crippen LogP contribution is -2.72. The van der Waals surface area contributed by atoms with Crippen molar-refractivity contribution in [2.45, 2.75) is 50.8 Å². The third kappa shape index (κ3) is 3.01. The molecule has 5 heteroatoms. The second-order valence-corrected chi connectivity index (χ2v) is 8.15. The Morgan fingerprint density at radius 2 is 2.12 bits per heavy atom. The highest BCUT2D eigenvalue weighted by Gasteiger charge is 2.52. The van der Waals surface area contributed by atoms with Gasteiger partial charge in [-0.15, -0.1) is 0 Å². The molecule has 0 aromatic carbocycles. The molecule has 3 fully saturated rings. The number of fused-ring (bicyclic) bond motifs is 2. The number of ether oxygens (including phenoxy) is 1. The van der Waals surface area contributed by atoms with Gasteiger partial charge in [-0.3, -0.25) is 0 Å². The quantitative estimate of drug-likeness (QED) is 0.801. The summed E-state index contributed by atoms with van der Waals surface area (Å²) >= 11 is 0. The summed E-state index contributed by atoms with van der Waals surface area (Å²) in [6, 6.07) is 0.653. The van der Waals surface area contributed by atoms with Crippen LogP contribution in [0.15, 0.2) is 0 Å². The maximum atomic E-state index is 11.0. The first-order valence-electron chi connectivity index (χ1n) is 6.38. The first kappa shape index (κ1) is 13.3. The Kier molecular flexibility index (Phi) is 3.54. The molecule has 2 heterocycles. The molecule has 0 aromatic rings. The Balaban J connectivity index is 1.82. The van der Waals surface area contributed by atoms with E-state index in [0.717, 1.165) is 12.3 Å². The van der Waals surface area contributed by atoms with E-state index in [-0.39, 0.29) is 17.4 Å². The minimum Gasteiger partial charge on any atom is -0.376 e. The van der Waals surface area contributed by atoms with Crippen LogP contribution in [-0.2, 0) is 14.6 Å². The molecule has 3 aliphatic rings. The van der Waals surface area contributed by atoms with Gasteiger partial charge in [-0.25, -0.2) is 8.42 Å². The molecule has 0 aromatic heterocycles. The summed E-state index contributed by atoms with van der Waals surface area (Å²) in [7, 11) is -2.91. The lowest BCUT2D eigenvalue weighted by Gasteiger charge is -2.58. The molecule has 2 saturated heterocycles. The Labute approximate surface area is 104 Å². The van der Waals surface area contributed by atoms with Crippen molar-refractivity contribution in [1.82, 2.24) is 5.32 Å². The first-order valence-corrected chi connectivity index (χ1v) is 8.44. The van der Waals surface area contributed by atoms with Gasteiger partial charge in [-0.2, -0.15) is 0 Å². The van der Waals surface area contributed by atoms with Crippen molar-refractivity contribution in [2.75, 3.05) is 18.6 Å². The number of nitrogens with one attached hydrogen (secondary N) is 1. The second-order valence-electron chi connectivity index (χ2n) is 5.89. The molecule has 1 saturated carbocycles. The second kappa shape index (κ2) is 4.52. The smallest absolute Gasteiger partial charge is 0.149 e. The van der Waals surface area contributed by atoms with Crippen LogP contribution >= 0.6 is 0 Å². The zero-order chi connectivity index (χ0) is 12.7. The molecular formula is C12H23NO3S. The van der Waals surface area contributed by atoms with E-state index in [2.05, 4.69) is 19.2 Å². The normalized spacial score (nSPS) is 38.5. The van der Waals surface area contributed by atoms with Crippen molar-refractivity contribution >= 4 is 9.84 Å². The highest BCUT2D eigenvalue weighted by molar-refractivity contribution is 7.90. The minimum absolute atomic E-state index is 0.100. The van der Waals surface area contributed by atoms with Crippen LogP contribution in [0.2, 0.25) is 0 Å². The maximum absolute atomic E-state index is 11.0. The van der Waals surface area contributed by atoms with Crippen molar-refractivity contribution in [1.29, 1.82) is 0 Å². The average Bonchev–Trinajstić information content (AvgIpc) is 2.12. The van der Waals surface area contributed by atoms with Gasteiger partial charge in [0.1, 0.15) is 9.84 Å². The van der Waals surface area contributed by atoms with Crippen LogP contribution in [0.4, 0.5) is 0 Å². The van der Waals surface area contributed by atoms with Crippen LogP contribution < -0.4 is 5.32 Å². The van der Waals surface area contributed by atoms with Crippen LogP contribution in [0.1, 0.15) is 33.1 Å². The van der Waals surface area contributed by atoms with Gasteiger partial charge in [0.05, 0.1) is 18.5 Å². The molecular weight excluding hydrogens is 238 g/mol. The lowest BCUT2D eigenvalue weighted by molar-refractivity contribution is -0.0825. The predicted molar refractivity (Wildman–Crippen MR) is 67.8 cm³/mol. The molecule has 1 aliphatic carbocycles. The molecule has 1 N–H and O–H groups in total. The zero-order valence-corrected chi connectivity index (χ0v) is 11.7. The van der Waals surface area contributed by atoms with Crippen LogP contribution in [0.3, 0.4) is 0 Å². The number of rotatable bonds is 5. The van der Waals surface area contributed by atoms with Crippen molar-refractivity contribution in [3.05, 3.63) is 0 Å². The van der Waals surface area contributed by atoms with E-state index in [1.807, 2.05) is 0 Å². The van der Waals surface area contributed by atoms with Gasteiger partial charge in [0, 0.05) is 17.8 Å². The summed E-state index contributed by atoms with van der Waals surface area (Å²) in [6.45, 7) is 4.65. The molecule has 2 bridgehead atoms. The highest BCUT2D eigenvalue weighted by atomic mass is 32.2. The molecule has 0 amide bonds. The molecule has 0 spiro atoms. The van der Waals surface area contributed by atoms with Crippen molar-refractivity contribution in [2.24, 2.45) is 5.92 Å². The summed E-state index contributed by atoms with van der Waals surface area (Å²) in [5, 5.41) is 3.60. The van der Waals surface area contributed by atoms with Gasteiger partial charge in [-0.05, 0) is 32.1 Å². The predicted octanol–water partition coefficient (Wildman–Crippen LogP) is 0.967. The number of sulfone groups is 1. The molecule has 0 radical (unpaired) electrons. The van der Waals surface area contributed by atoms with E-state index < -0.39 is 9.84 Å². The van der Waals surface area contributed by atoms with Gasteiger partial charge < -0.3 is 10.1 Å². The number of piperidine rings is 1. The molecule has 100 valence electrons. The lowest BCUT2D eigenvalue weighted by atomic mass is 9.64. The fourth-order valence-electron chi connectivity index (χ4n) is 3.29. The monoisotopic (exact) mass is 261 g/mol. The molecule has 2 aliphatic heterocycles. The topological polar surface area (TPSA) is 55.4 Å². The van der Waals surface area contributed by atoms with E-state index in [9.17, 15) is 8.42 Å². The van der Waals surface area contributed by atoms with Gasteiger partial charge in [-0.1, -0.05) is 6.92 Å². The minimum atomic E-state index is -2.91. The van der Waals surface area contributed by atoms with E-state index >= 15 is 0 Å². The Bertz CT molecular complexity index is 373. The summed E-state index contributed by atoms with van der Waals surface area (Å²) in [5.41, 5.74) is 0.111. The number of hydrogen-bond donors (Lipinski definition) is 1. The van der Waals surface area contributed by atoms with Crippen molar-refractivity contribution < 1.29 is 13.2 Å². The van der Waals surface area contributed by atoms with E-state index in [1.165, 1.54) is 19.1 Å². The highest BCUT2D eigenvalue weighted by Crippen LogP contribution is 2.44. The molecule has 3 rings (SSSR count). The van der Waals surface area contributed by atoms with Crippen molar-refractivity contribution in [3.63, 3.8) is 0 Å². The van der Waals surface area contributed by atoms with Crippen LogP contribution in [0.25, 0.3) is 0 Å². The summed E-state index contributed by atoms with van der Waals surface area (Å²) < 4.78 is 27.8. The van der Waals surface area contributed by atoms with Crippen LogP contribution in [0.5, 0.6) is 0 Å². The van der Waals surface area contributed by atoms with Gasteiger partial charge in [0.15, 0.2) is 0 Å². The summed E-state index contributed by atoms with van der Waals surface area (Å²) in [6.07, 6.45) is 4.93. The van der Waals surface area contributed by atoms with Crippen LogP contribution in [-0.4, -0.2) is 44.7 Å². The number of hydrogen-bond acceptors (Lipinski definition) is 4. The van der Waals surface area contributed by atoms with E-state index in [0.29, 0.717) is 12.6 Å². The fraction of sp³-hybridized carbons (Fsp3) is 1.00. The van der Waals surface area contributed by atoms with Crippen molar-refractivity contribution in [3.8, 4) is 0 Å². The van der Waals surface area contributed by atoms with Gasteiger partial charge in [0.25, 0.3) is 0 Å². The summed E-state index contributed by atoms with van der Waals surface area (Å²) in [5.74, 6) is 0.864. The fourth-order valence-corrected chi connectivity index (χ4v) is 3.68. The largest absolute Gasteiger partial charge is 0.376 e. The van der Waals surface area contributed by atoms with Gasteiger partial charge in [0.2, 0.25) is 0 Å². The Morgan fingerprint density at radius 1 is 1.47 bits per heavy atom. The zero-order valence-electron chi connectivity index (χ0n) is 10.9. The van der Waals surface area contributed by atoms with E-state index in [1.54, 1.807) is 0 Å². The van der Waals surface area contributed by atoms with Gasteiger partial charge >= 0.3 is 0 Å². The molecule has 4 nitrogen and oxygen atoms in total. The summed E-state index contributed by atoms with van der Waals surface area (Å²) in [4.78, 5) is 0. The third-order valence-electron chi connectivity index (χ3n) is 4.10. The van der Waals surface area contributed by atoms with E-state index in [4.69, 9.17) is 4.74 Å². The SMILES string of the molecule is CC1CC2CC(C(C)OCCS(C)(=O)=O)(C1)N2. The van der Waals surface area contributed by atoms with Crippen LogP contribution in [0, 0.1) is 5.92 Å². The molecule has 4 unspecified atom stereocenters.